The number of ether oxygens (including phenoxy) is 1. The molecule has 3 aromatic carbocycles. The van der Waals surface area contributed by atoms with Gasteiger partial charge >= 0.3 is 5.97 Å². The van der Waals surface area contributed by atoms with Gasteiger partial charge in [-0.05, 0) is 17.5 Å². The van der Waals surface area contributed by atoms with Crippen LogP contribution in [0.5, 0.6) is 11.5 Å². The van der Waals surface area contributed by atoms with Crippen LogP contribution in [0.3, 0.4) is 0 Å². The van der Waals surface area contributed by atoms with Crippen LogP contribution in [0.25, 0.3) is 33.2 Å². The first kappa shape index (κ1) is 23.9. The van der Waals surface area contributed by atoms with Gasteiger partial charge in [-0.15, -0.1) is 0 Å². The molecule has 5 aromatic rings. The van der Waals surface area contributed by atoms with Gasteiger partial charge in [-0.25, -0.2) is 0 Å². The topological polar surface area (TPSA) is 119 Å². The zero-order valence-electron chi connectivity index (χ0n) is 20.1. The number of aromatic hydroxyl groups is 2. The number of aromatic nitrogens is 1. The molecule has 0 saturated heterocycles. The number of hydrogen-bond donors (Lipinski definition) is 2. The average molecular weight is 498 g/mol. The Bertz CT molecular complexity index is 1780. The Balaban J connectivity index is 1.87. The summed E-state index contributed by atoms with van der Waals surface area (Å²) >= 11 is 0. The molecule has 0 aliphatic heterocycles. The van der Waals surface area contributed by atoms with Gasteiger partial charge in [-0.2, -0.15) is 0 Å². The molecule has 0 fully saturated rings. The van der Waals surface area contributed by atoms with Crippen LogP contribution in [0.4, 0.5) is 0 Å². The fourth-order valence-corrected chi connectivity index (χ4v) is 4.72. The summed E-state index contributed by atoms with van der Waals surface area (Å²) < 4.78 is 12.5. The Kier molecular flexibility index (Phi) is 6.01. The van der Waals surface area contributed by atoms with Gasteiger partial charge in [0.25, 0.3) is 5.56 Å². The van der Waals surface area contributed by atoms with E-state index in [2.05, 4.69) is 0 Å². The predicted molar refractivity (Wildman–Crippen MR) is 139 cm³/mol. The minimum absolute atomic E-state index is 0.0282. The molecule has 0 bridgehead atoms. The largest absolute Gasteiger partial charge is 0.507 e. The molecule has 0 spiro atoms. The van der Waals surface area contributed by atoms with Crippen molar-refractivity contribution in [2.45, 2.75) is 12.3 Å². The number of fused-ring (bicyclic) bond motifs is 2. The van der Waals surface area contributed by atoms with Gasteiger partial charge < -0.3 is 23.9 Å². The van der Waals surface area contributed by atoms with E-state index in [-0.39, 0.29) is 34.3 Å². The third-order valence-electron chi connectivity index (χ3n) is 6.54. The minimum Gasteiger partial charge on any atom is -0.507 e. The van der Waals surface area contributed by atoms with Crippen molar-refractivity contribution < 1.29 is 24.2 Å². The Labute approximate surface area is 210 Å². The summed E-state index contributed by atoms with van der Waals surface area (Å²) in [7, 11) is 2.84. The molecule has 2 N–H and O–H groups in total. The van der Waals surface area contributed by atoms with E-state index >= 15 is 0 Å². The molecule has 0 aliphatic rings. The van der Waals surface area contributed by atoms with Gasteiger partial charge in [-0.3, -0.25) is 14.4 Å². The van der Waals surface area contributed by atoms with Crippen molar-refractivity contribution >= 4 is 27.8 Å². The maximum atomic E-state index is 13.5. The SMILES string of the molecule is COC(=O)C[C@H](c1cc2ccccc2n(C)c1=O)c1c(O)cc(O)c2c(=O)cc(-c3ccccc3)oc12. The lowest BCUT2D eigenvalue weighted by molar-refractivity contribution is -0.140. The van der Waals surface area contributed by atoms with E-state index in [1.54, 1.807) is 43.4 Å². The van der Waals surface area contributed by atoms with E-state index in [1.165, 1.54) is 17.7 Å². The number of para-hydroxylation sites is 1. The van der Waals surface area contributed by atoms with E-state index in [0.717, 1.165) is 11.5 Å². The molecule has 5 rings (SSSR count). The zero-order chi connectivity index (χ0) is 26.3. The van der Waals surface area contributed by atoms with Crippen LogP contribution in [-0.4, -0.2) is 27.9 Å². The summed E-state index contributed by atoms with van der Waals surface area (Å²) in [4.78, 5) is 39.2. The fourth-order valence-electron chi connectivity index (χ4n) is 4.72. The molecule has 8 heteroatoms. The standard InChI is InChI=1S/C29H23NO7/c1-30-20-11-7-6-10-17(20)12-19(29(30)35)18(13-25(34)36-2)26-21(31)14-22(32)27-23(33)15-24(37-28(26)27)16-8-4-3-5-9-16/h3-12,14-15,18,31-32H,13H2,1-2H3/t18-/m1/s1. The van der Waals surface area contributed by atoms with Crippen molar-refractivity contribution in [1.82, 2.24) is 4.57 Å². The first-order valence-corrected chi connectivity index (χ1v) is 11.5. The van der Waals surface area contributed by atoms with Crippen LogP contribution in [0.1, 0.15) is 23.5 Å². The third kappa shape index (κ3) is 4.12. The Morgan fingerprint density at radius 3 is 2.41 bits per heavy atom. The number of methoxy groups -OCH3 is 1. The number of benzene rings is 3. The van der Waals surface area contributed by atoms with E-state index in [0.29, 0.717) is 11.1 Å². The quantitative estimate of drug-likeness (QED) is 0.345. The van der Waals surface area contributed by atoms with Crippen molar-refractivity contribution in [3.8, 4) is 22.8 Å². The Morgan fingerprint density at radius 2 is 1.68 bits per heavy atom. The number of esters is 1. The molecule has 0 aliphatic carbocycles. The summed E-state index contributed by atoms with van der Waals surface area (Å²) in [6, 6.07) is 20.1. The number of rotatable bonds is 5. The first-order chi connectivity index (χ1) is 17.8. The van der Waals surface area contributed by atoms with Gasteiger partial charge in [-0.1, -0.05) is 48.5 Å². The van der Waals surface area contributed by atoms with Gasteiger partial charge in [0.1, 0.15) is 28.2 Å². The Morgan fingerprint density at radius 1 is 0.973 bits per heavy atom. The third-order valence-corrected chi connectivity index (χ3v) is 6.54. The molecule has 0 saturated carbocycles. The van der Waals surface area contributed by atoms with E-state index < -0.39 is 34.4 Å². The molecular formula is C29H23NO7. The molecule has 37 heavy (non-hydrogen) atoms. The number of pyridine rings is 1. The first-order valence-electron chi connectivity index (χ1n) is 11.5. The molecule has 0 radical (unpaired) electrons. The number of phenols is 2. The van der Waals surface area contributed by atoms with Crippen LogP contribution in [0, 0.1) is 0 Å². The van der Waals surface area contributed by atoms with Crippen molar-refractivity contribution in [3.63, 3.8) is 0 Å². The lowest BCUT2D eigenvalue weighted by Crippen LogP contribution is -2.25. The van der Waals surface area contributed by atoms with Crippen molar-refractivity contribution in [2.24, 2.45) is 7.05 Å². The Hall–Kier alpha value is -4.85. The van der Waals surface area contributed by atoms with Crippen LogP contribution >= 0.6 is 0 Å². The maximum absolute atomic E-state index is 13.5. The molecule has 8 nitrogen and oxygen atoms in total. The van der Waals surface area contributed by atoms with Crippen molar-refractivity contribution in [2.75, 3.05) is 7.11 Å². The highest BCUT2D eigenvalue weighted by Gasteiger charge is 2.30. The second kappa shape index (κ2) is 9.31. The highest BCUT2D eigenvalue weighted by Crippen LogP contribution is 2.42. The highest BCUT2D eigenvalue weighted by molar-refractivity contribution is 5.91. The van der Waals surface area contributed by atoms with Crippen molar-refractivity contribution in [1.29, 1.82) is 0 Å². The maximum Gasteiger partial charge on any atom is 0.306 e. The van der Waals surface area contributed by atoms with Crippen LogP contribution in [0.2, 0.25) is 0 Å². The summed E-state index contributed by atoms with van der Waals surface area (Å²) in [5.41, 5.74) is 0.458. The summed E-state index contributed by atoms with van der Waals surface area (Å²) in [6.45, 7) is 0. The average Bonchev–Trinajstić information content (AvgIpc) is 2.90. The summed E-state index contributed by atoms with van der Waals surface area (Å²) in [5.74, 6) is -2.39. The smallest absolute Gasteiger partial charge is 0.306 e. The second-order valence-corrected chi connectivity index (χ2v) is 8.73. The van der Waals surface area contributed by atoms with E-state index in [4.69, 9.17) is 9.15 Å². The van der Waals surface area contributed by atoms with E-state index in [9.17, 15) is 24.6 Å². The number of nitrogens with zero attached hydrogens (tertiary/aromatic N) is 1. The molecule has 0 amide bonds. The molecule has 1 atom stereocenters. The molecule has 186 valence electrons. The molecular weight excluding hydrogens is 474 g/mol. The van der Waals surface area contributed by atoms with Crippen molar-refractivity contribution in [3.05, 3.63) is 105 Å². The number of carbonyl (C=O) groups is 1. The molecule has 2 heterocycles. The summed E-state index contributed by atoms with van der Waals surface area (Å²) in [6.07, 6.45) is -0.323. The van der Waals surface area contributed by atoms with E-state index in [1.807, 2.05) is 24.3 Å². The van der Waals surface area contributed by atoms with Crippen LogP contribution in [-0.2, 0) is 16.6 Å². The number of hydrogen-bond acceptors (Lipinski definition) is 7. The fraction of sp³-hybridized carbons (Fsp3) is 0.138. The highest BCUT2D eigenvalue weighted by atomic mass is 16.5. The van der Waals surface area contributed by atoms with Crippen LogP contribution < -0.4 is 11.0 Å². The number of carbonyl (C=O) groups excluding carboxylic acids is 1. The molecule has 0 unspecified atom stereocenters. The van der Waals surface area contributed by atoms with Gasteiger partial charge in [0.15, 0.2) is 5.43 Å². The number of aryl methyl sites for hydroxylation is 1. The monoisotopic (exact) mass is 497 g/mol. The molecule has 2 aromatic heterocycles. The second-order valence-electron chi connectivity index (χ2n) is 8.73. The normalized spacial score (nSPS) is 12.1. The lowest BCUT2D eigenvalue weighted by Gasteiger charge is -2.21. The summed E-state index contributed by atoms with van der Waals surface area (Å²) in [5, 5.41) is 22.2. The van der Waals surface area contributed by atoms with Gasteiger partial charge in [0, 0.05) is 41.8 Å². The van der Waals surface area contributed by atoms with Gasteiger partial charge in [0.05, 0.1) is 19.0 Å². The zero-order valence-corrected chi connectivity index (χ0v) is 20.1. The minimum atomic E-state index is -1.05. The predicted octanol–water partition coefficient (Wildman–Crippen LogP) is 4.42. The number of phenolic OH excluding ortho intramolecular Hbond substituents is 2. The van der Waals surface area contributed by atoms with Crippen LogP contribution in [0.15, 0.2) is 86.8 Å². The van der Waals surface area contributed by atoms with Gasteiger partial charge in [0.2, 0.25) is 0 Å². The lowest BCUT2D eigenvalue weighted by atomic mass is 9.86.